The van der Waals surface area contributed by atoms with Crippen molar-refractivity contribution in [1.82, 2.24) is 0 Å². The Hall–Kier alpha value is -2.68. The largest absolute Gasteiger partial charge is 0.496 e. The number of hydrogen-bond acceptors (Lipinski definition) is 3. The Morgan fingerprint density at radius 1 is 0.714 bits per heavy atom. The van der Waals surface area contributed by atoms with Crippen LogP contribution in [-0.2, 0) is 0 Å². The van der Waals surface area contributed by atoms with Crippen molar-refractivity contribution in [2.45, 2.75) is 0 Å². The van der Waals surface area contributed by atoms with Crippen molar-refractivity contribution in [2.75, 3.05) is 14.2 Å². The van der Waals surface area contributed by atoms with Gasteiger partial charge in [0.15, 0.2) is 0 Å². The van der Waals surface area contributed by atoms with Crippen molar-refractivity contribution in [3.05, 3.63) is 60.7 Å². The van der Waals surface area contributed by atoms with Crippen molar-refractivity contribution >= 4 is 12.2 Å². The third-order valence-electron chi connectivity index (χ3n) is 3.12. The summed E-state index contributed by atoms with van der Waals surface area (Å²) in [5.41, 5.74) is 1.61. The number of benzene rings is 2. The van der Waals surface area contributed by atoms with E-state index >= 15 is 0 Å². The molecule has 0 aliphatic heterocycles. The van der Waals surface area contributed by atoms with Gasteiger partial charge < -0.3 is 14.2 Å². The molecule has 0 heterocycles. The molecule has 0 amide bonds. The van der Waals surface area contributed by atoms with E-state index in [1.165, 1.54) is 0 Å². The number of ether oxygens (including phenoxy) is 3. The molecular formula is C18H18O3. The van der Waals surface area contributed by atoms with Gasteiger partial charge in [0.25, 0.3) is 0 Å². The molecule has 0 saturated carbocycles. The second kappa shape index (κ2) is 6.66. The average molecular weight is 282 g/mol. The lowest BCUT2D eigenvalue weighted by Crippen LogP contribution is -1.95. The standard InChI is InChI=1S/C18H18O3/c1-5-13-15(19-3)9-7-11-17(13)21-18-12-8-10-16(20-4)14(18)6-2/h5-12H,1-2H2,3-4H3. The Balaban J connectivity index is 2.48. The van der Waals surface area contributed by atoms with Crippen molar-refractivity contribution in [3.63, 3.8) is 0 Å². The van der Waals surface area contributed by atoms with E-state index < -0.39 is 0 Å². The van der Waals surface area contributed by atoms with E-state index in [0.29, 0.717) is 23.0 Å². The molecular weight excluding hydrogens is 264 g/mol. The predicted octanol–water partition coefficient (Wildman–Crippen LogP) is 4.78. The van der Waals surface area contributed by atoms with Crippen LogP contribution in [0.25, 0.3) is 12.2 Å². The summed E-state index contributed by atoms with van der Waals surface area (Å²) in [6.45, 7) is 7.63. The molecule has 0 aromatic heterocycles. The second-order valence-corrected chi connectivity index (χ2v) is 4.25. The van der Waals surface area contributed by atoms with Crippen LogP contribution in [0.15, 0.2) is 49.6 Å². The van der Waals surface area contributed by atoms with E-state index in [1.54, 1.807) is 26.4 Å². The predicted molar refractivity (Wildman–Crippen MR) is 86.2 cm³/mol. The molecule has 3 heteroatoms. The minimum Gasteiger partial charge on any atom is -0.496 e. The van der Waals surface area contributed by atoms with E-state index in [-0.39, 0.29) is 0 Å². The van der Waals surface area contributed by atoms with Crippen LogP contribution >= 0.6 is 0 Å². The number of hydrogen-bond donors (Lipinski definition) is 0. The van der Waals surface area contributed by atoms with Crippen molar-refractivity contribution in [1.29, 1.82) is 0 Å². The van der Waals surface area contributed by atoms with Gasteiger partial charge in [0, 0.05) is 0 Å². The van der Waals surface area contributed by atoms with Crippen LogP contribution in [-0.4, -0.2) is 14.2 Å². The molecule has 0 saturated heterocycles. The highest BCUT2D eigenvalue weighted by atomic mass is 16.5. The van der Waals surface area contributed by atoms with E-state index in [2.05, 4.69) is 13.2 Å². The molecule has 0 unspecified atom stereocenters. The maximum Gasteiger partial charge on any atom is 0.138 e. The van der Waals surface area contributed by atoms with Gasteiger partial charge in [0.2, 0.25) is 0 Å². The molecule has 2 aromatic rings. The quantitative estimate of drug-likeness (QED) is 0.763. The molecule has 0 fully saturated rings. The first-order valence-corrected chi connectivity index (χ1v) is 6.51. The summed E-state index contributed by atoms with van der Waals surface area (Å²) in [4.78, 5) is 0. The summed E-state index contributed by atoms with van der Waals surface area (Å²) in [6, 6.07) is 11.2. The van der Waals surface area contributed by atoms with Gasteiger partial charge in [-0.1, -0.05) is 37.4 Å². The van der Waals surface area contributed by atoms with E-state index in [4.69, 9.17) is 14.2 Å². The Morgan fingerprint density at radius 3 is 1.43 bits per heavy atom. The maximum atomic E-state index is 6.00. The fourth-order valence-corrected chi connectivity index (χ4v) is 2.10. The highest BCUT2D eigenvalue weighted by Gasteiger charge is 2.12. The molecule has 0 bridgehead atoms. The van der Waals surface area contributed by atoms with Crippen LogP contribution in [0.3, 0.4) is 0 Å². The Bertz CT molecular complexity index is 602. The molecule has 0 radical (unpaired) electrons. The van der Waals surface area contributed by atoms with Gasteiger partial charge in [-0.2, -0.15) is 0 Å². The van der Waals surface area contributed by atoms with Crippen molar-refractivity contribution < 1.29 is 14.2 Å². The van der Waals surface area contributed by atoms with Crippen molar-refractivity contribution in [3.8, 4) is 23.0 Å². The highest BCUT2D eigenvalue weighted by Crippen LogP contribution is 2.37. The molecule has 2 aromatic carbocycles. The van der Waals surface area contributed by atoms with E-state index in [9.17, 15) is 0 Å². The molecule has 0 aliphatic rings. The fraction of sp³-hybridized carbons (Fsp3) is 0.111. The third-order valence-corrected chi connectivity index (χ3v) is 3.12. The highest BCUT2D eigenvalue weighted by molar-refractivity contribution is 5.67. The van der Waals surface area contributed by atoms with Crippen LogP contribution in [0.4, 0.5) is 0 Å². The Kier molecular flexibility index (Phi) is 4.67. The Morgan fingerprint density at radius 2 is 1.10 bits per heavy atom. The molecule has 0 N–H and O–H groups in total. The van der Waals surface area contributed by atoms with Gasteiger partial charge in [-0.25, -0.2) is 0 Å². The minimum absolute atomic E-state index is 0.667. The van der Waals surface area contributed by atoms with Gasteiger partial charge >= 0.3 is 0 Å². The lowest BCUT2D eigenvalue weighted by Gasteiger charge is -2.15. The molecule has 21 heavy (non-hydrogen) atoms. The van der Waals surface area contributed by atoms with Gasteiger partial charge in [0.1, 0.15) is 23.0 Å². The number of rotatable bonds is 6. The topological polar surface area (TPSA) is 27.7 Å². The average Bonchev–Trinajstić information content (AvgIpc) is 2.54. The lowest BCUT2D eigenvalue weighted by atomic mass is 10.1. The van der Waals surface area contributed by atoms with Crippen LogP contribution in [0.1, 0.15) is 11.1 Å². The monoisotopic (exact) mass is 282 g/mol. The van der Waals surface area contributed by atoms with Gasteiger partial charge in [-0.15, -0.1) is 0 Å². The summed E-state index contributed by atoms with van der Waals surface area (Å²) in [5, 5.41) is 0. The first-order chi connectivity index (χ1) is 10.2. The maximum absolute atomic E-state index is 6.00. The summed E-state index contributed by atoms with van der Waals surface area (Å²) < 4.78 is 16.6. The van der Waals surface area contributed by atoms with E-state index in [0.717, 1.165) is 11.1 Å². The smallest absolute Gasteiger partial charge is 0.138 e. The van der Waals surface area contributed by atoms with Gasteiger partial charge in [-0.05, 0) is 24.3 Å². The van der Waals surface area contributed by atoms with Crippen LogP contribution in [0, 0.1) is 0 Å². The van der Waals surface area contributed by atoms with Gasteiger partial charge in [0.05, 0.1) is 25.3 Å². The van der Waals surface area contributed by atoms with Crippen LogP contribution in [0.5, 0.6) is 23.0 Å². The zero-order valence-corrected chi connectivity index (χ0v) is 12.3. The number of methoxy groups -OCH3 is 2. The minimum atomic E-state index is 0.667. The fourth-order valence-electron chi connectivity index (χ4n) is 2.10. The first kappa shape index (κ1) is 14.7. The first-order valence-electron chi connectivity index (χ1n) is 6.51. The molecule has 3 nitrogen and oxygen atoms in total. The SMILES string of the molecule is C=Cc1c(OC)cccc1Oc1cccc(OC)c1C=C. The summed E-state index contributed by atoms with van der Waals surface area (Å²) >= 11 is 0. The third kappa shape index (κ3) is 2.92. The summed E-state index contributed by atoms with van der Waals surface area (Å²) in [6.07, 6.45) is 3.42. The van der Waals surface area contributed by atoms with Crippen LogP contribution in [0.2, 0.25) is 0 Å². The zero-order valence-electron chi connectivity index (χ0n) is 12.3. The molecule has 0 atom stereocenters. The Labute approximate surface area is 125 Å². The van der Waals surface area contributed by atoms with Gasteiger partial charge in [-0.3, -0.25) is 0 Å². The normalized spacial score (nSPS) is 9.81. The summed E-state index contributed by atoms with van der Waals surface area (Å²) in [7, 11) is 3.24. The molecule has 2 rings (SSSR count). The summed E-state index contributed by atoms with van der Waals surface area (Å²) in [5.74, 6) is 2.76. The van der Waals surface area contributed by atoms with Crippen molar-refractivity contribution in [2.24, 2.45) is 0 Å². The van der Waals surface area contributed by atoms with Crippen LogP contribution < -0.4 is 14.2 Å². The molecule has 0 aliphatic carbocycles. The zero-order chi connectivity index (χ0) is 15.2. The molecule has 108 valence electrons. The van der Waals surface area contributed by atoms with E-state index in [1.807, 2.05) is 36.4 Å². The lowest BCUT2D eigenvalue weighted by molar-refractivity contribution is 0.402. The molecule has 0 spiro atoms. The second-order valence-electron chi connectivity index (χ2n) is 4.25.